The van der Waals surface area contributed by atoms with Gasteiger partial charge in [0.1, 0.15) is 5.52 Å². The summed E-state index contributed by atoms with van der Waals surface area (Å²) >= 11 is 0. The van der Waals surface area contributed by atoms with Crippen LogP contribution in [-0.4, -0.2) is 10.5 Å². The van der Waals surface area contributed by atoms with Gasteiger partial charge in [-0.05, 0) is 30.5 Å². The Labute approximate surface area is 93.6 Å². The maximum Gasteiger partial charge on any atom is 0.192 e. The summed E-state index contributed by atoms with van der Waals surface area (Å²) in [7, 11) is 0. The van der Waals surface area contributed by atoms with Crippen LogP contribution >= 0.6 is 0 Å². The van der Waals surface area contributed by atoms with Crippen LogP contribution < -0.4 is 11.5 Å². The van der Waals surface area contributed by atoms with Gasteiger partial charge in [-0.25, -0.2) is 4.98 Å². The number of hydrogen-bond donors (Lipinski definition) is 2. The molecule has 1 aliphatic rings. The Bertz CT molecular complexity index is 542. The van der Waals surface area contributed by atoms with Gasteiger partial charge in [0.05, 0.1) is 0 Å². The molecule has 1 aromatic heterocycles. The molecule has 0 bridgehead atoms. The Balaban J connectivity index is 2.04. The highest BCUT2D eigenvalue weighted by molar-refractivity contribution is 5.73. The maximum atomic E-state index is 6.15. The van der Waals surface area contributed by atoms with Gasteiger partial charge in [-0.3, -0.25) is 0 Å². The second-order valence-corrected chi connectivity index (χ2v) is 4.67. The number of aryl methyl sites for hydroxylation is 1. The summed E-state index contributed by atoms with van der Waals surface area (Å²) in [5.74, 6) is 0.676. The first-order chi connectivity index (χ1) is 7.58. The van der Waals surface area contributed by atoms with Crippen LogP contribution in [0.4, 0.5) is 0 Å². The van der Waals surface area contributed by atoms with Crippen molar-refractivity contribution in [3.05, 3.63) is 29.7 Å². The molecule has 0 amide bonds. The minimum Gasteiger partial charge on any atom is -0.441 e. The van der Waals surface area contributed by atoms with Crippen LogP contribution in [-0.2, 0) is 0 Å². The molecule has 1 fully saturated rings. The molecule has 4 N–H and O–H groups in total. The van der Waals surface area contributed by atoms with E-state index in [0.717, 1.165) is 29.5 Å². The number of oxazole rings is 1. The van der Waals surface area contributed by atoms with Crippen molar-refractivity contribution < 1.29 is 4.42 Å². The van der Waals surface area contributed by atoms with E-state index in [1.54, 1.807) is 0 Å². The van der Waals surface area contributed by atoms with Crippen molar-refractivity contribution in [1.29, 1.82) is 0 Å². The van der Waals surface area contributed by atoms with E-state index < -0.39 is 0 Å². The van der Waals surface area contributed by atoms with E-state index in [2.05, 4.69) is 4.98 Å². The van der Waals surface area contributed by atoms with Crippen molar-refractivity contribution in [1.82, 2.24) is 4.98 Å². The fourth-order valence-electron chi connectivity index (χ4n) is 2.04. The van der Waals surface area contributed by atoms with Gasteiger partial charge in [0.2, 0.25) is 0 Å². The van der Waals surface area contributed by atoms with E-state index in [-0.39, 0.29) is 11.6 Å². The molecule has 1 aliphatic carbocycles. The van der Waals surface area contributed by atoms with Gasteiger partial charge in [0.15, 0.2) is 11.5 Å². The molecular weight excluding hydrogens is 202 g/mol. The van der Waals surface area contributed by atoms with Crippen LogP contribution in [0.2, 0.25) is 0 Å². The summed E-state index contributed by atoms with van der Waals surface area (Å²) in [5.41, 5.74) is 14.7. The molecule has 1 heterocycles. The molecule has 0 spiro atoms. The van der Waals surface area contributed by atoms with E-state index >= 15 is 0 Å². The van der Waals surface area contributed by atoms with E-state index in [1.165, 1.54) is 0 Å². The summed E-state index contributed by atoms with van der Waals surface area (Å²) in [6, 6.07) is 5.77. The number of nitrogens with zero attached hydrogens (tertiary/aromatic N) is 1. The fourth-order valence-corrected chi connectivity index (χ4v) is 2.04. The first kappa shape index (κ1) is 9.81. The molecule has 1 aromatic carbocycles. The van der Waals surface area contributed by atoms with Gasteiger partial charge < -0.3 is 15.9 Å². The fraction of sp³-hybridized carbons (Fsp3) is 0.417. The third-order valence-corrected chi connectivity index (χ3v) is 3.33. The predicted molar refractivity (Wildman–Crippen MR) is 61.8 cm³/mol. The Morgan fingerprint density at radius 3 is 2.88 bits per heavy atom. The summed E-state index contributed by atoms with van der Waals surface area (Å²) in [5, 5.41) is 0. The van der Waals surface area contributed by atoms with Crippen LogP contribution in [0.25, 0.3) is 11.1 Å². The molecular formula is C12H15N3O. The zero-order valence-corrected chi connectivity index (χ0v) is 9.23. The number of hydrogen-bond acceptors (Lipinski definition) is 4. The van der Waals surface area contributed by atoms with Crippen LogP contribution in [0.15, 0.2) is 22.6 Å². The van der Waals surface area contributed by atoms with Crippen LogP contribution in [0.1, 0.15) is 30.3 Å². The van der Waals surface area contributed by atoms with Crippen molar-refractivity contribution in [3.63, 3.8) is 0 Å². The summed E-state index contributed by atoms with van der Waals surface area (Å²) in [6.45, 7) is 1.84. The quantitative estimate of drug-likeness (QED) is 0.801. The zero-order valence-electron chi connectivity index (χ0n) is 9.23. The topological polar surface area (TPSA) is 78.1 Å². The zero-order chi connectivity index (χ0) is 11.3. The van der Waals surface area contributed by atoms with Gasteiger partial charge >= 0.3 is 0 Å². The standard InChI is InChI=1S/C12H15N3O/c1-7-15-9-3-2-8(6-10(9)16-7)11(13)12(14)4-5-12/h2-3,6,11H,4-5,13-14H2,1H3. The number of nitrogens with two attached hydrogens (primary N) is 2. The summed E-state index contributed by atoms with van der Waals surface area (Å²) in [4.78, 5) is 4.25. The molecule has 4 nitrogen and oxygen atoms in total. The predicted octanol–water partition coefficient (Wildman–Crippen LogP) is 1.63. The van der Waals surface area contributed by atoms with E-state index in [4.69, 9.17) is 15.9 Å². The molecule has 1 saturated carbocycles. The van der Waals surface area contributed by atoms with Crippen molar-refractivity contribution in [3.8, 4) is 0 Å². The number of rotatable bonds is 2. The monoisotopic (exact) mass is 217 g/mol. The summed E-state index contributed by atoms with van der Waals surface area (Å²) in [6.07, 6.45) is 2.00. The van der Waals surface area contributed by atoms with Crippen LogP contribution in [0, 0.1) is 6.92 Å². The molecule has 0 aliphatic heterocycles. The van der Waals surface area contributed by atoms with Crippen LogP contribution in [0.3, 0.4) is 0 Å². The lowest BCUT2D eigenvalue weighted by atomic mass is 9.99. The van der Waals surface area contributed by atoms with E-state index in [0.29, 0.717) is 5.89 Å². The second-order valence-electron chi connectivity index (χ2n) is 4.67. The molecule has 1 unspecified atom stereocenters. The molecule has 16 heavy (non-hydrogen) atoms. The Morgan fingerprint density at radius 2 is 2.19 bits per heavy atom. The first-order valence-electron chi connectivity index (χ1n) is 5.50. The number of fused-ring (bicyclic) bond motifs is 1. The van der Waals surface area contributed by atoms with Gasteiger partial charge in [-0.2, -0.15) is 0 Å². The van der Waals surface area contributed by atoms with Gasteiger partial charge in [0, 0.05) is 18.5 Å². The van der Waals surface area contributed by atoms with Crippen molar-refractivity contribution >= 4 is 11.1 Å². The largest absolute Gasteiger partial charge is 0.441 e. The lowest BCUT2D eigenvalue weighted by molar-refractivity contribution is 0.532. The molecule has 0 radical (unpaired) electrons. The molecule has 3 rings (SSSR count). The Morgan fingerprint density at radius 1 is 1.44 bits per heavy atom. The minimum atomic E-state index is -0.206. The van der Waals surface area contributed by atoms with Crippen molar-refractivity contribution in [2.24, 2.45) is 11.5 Å². The second kappa shape index (κ2) is 3.06. The van der Waals surface area contributed by atoms with Crippen molar-refractivity contribution in [2.45, 2.75) is 31.3 Å². The lowest BCUT2D eigenvalue weighted by Gasteiger charge is -2.18. The third kappa shape index (κ3) is 1.42. The maximum absolute atomic E-state index is 6.15. The van der Waals surface area contributed by atoms with Gasteiger partial charge in [-0.15, -0.1) is 0 Å². The SMILES string of the molecule is Cc1nc2ccc(C(N)C3(N)CC3)cc2o1. The first-order valence-corrected chi connectivity index (χ1v) is 5.50. The van der Waals surface area contributed by atoms with Gasteiger partial charge in [0.25, 0.3) is 0 Å². The Hall–Kier alpha value is -1.39. The van der Waals surface area contributed by atoms with E-state index in [9.17, 15) is 0 Å². The van der Waals surface area contributed by atoms with Crippen LogP contribution in [0.5, 0.6) is 0 Å². The molecule has 1 atom stereocenters. The van der Waals surface area contributed by atoms with Gasteiger partial charge in [-0.1, -0.05) is 6.07 Å². The highest BCUT2D eigenvalue weighted by atomic mass is 16.3. The average molecular weight is 217 g/mol. The molecule has 2 aromatic rings. The third-order valence-electron chi connectivity index (χ3n) is 3.33. The molecule has 84 valence electrons. The lowest BCUT2D eigenvalue weighted by Crippen LogP contribution is -2.36. The Kier molecular flexibility index (Phi) is 1.87. The summed E-state index contributed by atoms with van der Waals surface area (Å²) < 4.78 is 5.48. The van der Waals surface area contributed by atoms with E-state index in [1.807, 2.05) is 25.1 Å². The highest BCUT2D eigenvalue weighted by Gasteiger charge is 2.44. The van der Waals surface area contributed by atoms with Crippen molar-refractivity contribution in [2.75, 3.05) is 0 Å². The molecule has 0 saturated heterocycles. The minimum absolute atomic E-state index is 0.109. The average Bonchev–Trinajstić information content (AvgIpc) is 2.89. The smallest absolute Gasteiger partial charge is 0.192 e. The number of benzene rings is 1. The normalized spacial score (nSPS) is 19.9. The number of aromatic nitrogens is 1. The highest BCUT2D eigenvalue weighted by Crippen LogP contribution is 2.42. The molecule has 4 heteroatoms.